The first-order valence-corrected chi connectivity index (χ1v) is 12.1. The van der Waals surface area contributed by atoms with Crippen LogP contribution in [0.15, 0.2) is 24.3 Å². The van der Waals surface area contributed by atoms with E-state index in [0.717, 1.165) is 65.3 Å². The van der Waals surface area contributed by atoms with Gasteiger partial charge < -0.3 is 14.7 Å². The van der Waals surface area contributed by atoms with Crippen molar-refractivity contribution in [3.05, 3.63) is 41.2 Å². The number of aliphatic carboxylic acids is 1. The Hall–Kier alpha value is -3.75. The highest BCUT2D eigenvalue weighted by molar-refractivity contribution is 6.01. The van der Waals surface area contributed by atoms with E-state index in [-0.39, 0.29) is 6.42 Å². The Bertz CT molecular complexity index is 1390. The first kappa shape index (κ1) is 23.0. The first-order valence-electron chi connectivity index (χ1n) is 12.1. The summed E-state index contributed by atoms with van der Waals surface area (Å²) in [6.45, 7) is 5.73. The van der Waals surface area contributed by atoms with Crippen LogP contribution < -0.4 is 9.64 Å². The molecule has 5 rings (SSSR count). The number of rotatable bonds is 6. The minimum absolute atomic E-state index is 0.0473. The summed E-state index contributed by atoms with van der Waals surface area (Å²) in [5, 5.41) is 14.8. The number of benzene rings is 1. The molecule has 0 spiro atoms. The predicted octanol–water partition coefficient (Wildman–Crippen LogP) is 4.36. The molecular weight excluding hydrogens is 444 g/mol. The van der Waals surface area contributed by atoms with Crippen LogP contribution in [0.2, 0.25) is 0 Å². The van der Waals surface area contributed by atoms with Crippen LogP contribution in [0, 0.1) is 13.8 Å². The van der Waals surface area contributed by atoms with Gasteiger partial charge in [-0.1, -0.05) is 12.8 Å². The van der Waals surface area contributed by atoms with Crippen molar-refractivity contribution in [2.45, 2.75) is 52.4 Å². The van der Waals surface area contributed by atoms with E-state index < -0.39 is 5.97 Å². The first-order chi connectivity index (χ1) is 17.0. The molecule has 1 aliphatic rings. The zero-order chi connectivity index (χ0) is 24.5. The standard InChI is InChI=1S/C26H30N6O3/c1-16-20(12-13-21(33)34)17(2)32-25(27-16)22-23(18-8-10-19(35-3)11-9-18)28-26(29-24(22)30-32)31-14-6-4-5-7-15-31/h8-11H,4-7,12-15H2,1-3H3,(H,33,34). The van der Waals surface area contributed by atoms with E-state index in [1.54, 1.807) is 11.6 Å². The maximum Gasteiger partial charge on any atom is 0.303 e. The molecule has 4 aromatic rings. The van der Waals surface area contributed by atoms with Gasteiger partial charge in [0.2, 0.25) is 5.95 Å². The normalized spacial score (nSPS) is 14.4. The Kier molecular flexibility index (Phi) is 6.23. The average molecular weight is 475 g/mol. The van der Waals surface area contributed by atoms with Crippen molar-refractivity contribution in [2.24, 2.45) is 0 Å². The third kappa shape index (κ3) is 4.38. The minimum Gasteiger partial charge on any atom is -0.497 e. The second-order valence-electron chi connectivity index (χ2n) is 9.09. The van der Waals surface area contributed by atoms with Crippen LogP contribution in [0.3, 0.4) is 0 Å². The topological polar surface area (TPSA) is 106 Å². The Labute approximate surface area is 203 Å². The second kappa shape index (κ2) is 9.48. The van der Waals surface area contributed by atoms with Gasteiger partial charge in [0.15, 0.2) is 11.3 Å². The summed E-state index contributed by atoms with van der Waals surface area (Å²) >= 11 is 0. The zero-order valence-electron chi connectivity index (χ0n) is 20.4. The summed E-state index contributed by atoms with van der Waals surface area (Å²) < 4.78 is 7.15. The summed E-state index contributed by atoms with van der Waals surface area (Å²) in [6.07, 6.45) is 5.14. The molecule has 0 amide bonds. The monoisotopic (exact) mass is 474 g/mol. The second-order valence-corrected chi connectivity index (χ2v) is 9.09. The largest absolute Gasteiger partial charge is 0.497 e. The van der Waals surface area contributed by atoms with Crippen LogP contribution in [0.1, 0.15) is 49.1 Å². The highest BCUT2D eigenvalue weighted by Gasteiger charge is 2.23. The fraction of sp³-hybridized carbons (Fsp3) is 0.423. The number of carboxylic acids is 1. The molecule has 0 radical (unpaired) electrons. The summed E-state index contributed by atoms with van der Waals surface area (Å²) in [4.78, 5) is 28.3. The van der Waals surface area contributed by atoms with Crippen LogP contribution >= 0.6 is 0 Å². The van der Waals surface area contributed by atoms with Gasteiger partial charge in [-0.2, -0.15) is 4.98 Å². The molecule has 9 nitrogen and oxygen atoms in total. The van der Waals surface area contributed by atoms with E-state index in [0.29, 0.717) is 23.7 Å². The number of fused-ring (bicyclic) bond motifs is 3. The molecular formula is C26H30N6O3. The van der Waals surface area contributed by atoms with E-state index >= 15 is 0 Å². The van der Waals surface area contributed by atoms with Gasteiger partial charge in [-0.25, -0.2) is 14.5 Å². The lowest BCUT2D eigenvalue weighted by Gasteiger charge is -2.20. The van der Waals surface area contributed by atoms with Crippen molar-refractivity contribution < 1.29 is 14.6 Å². The highest BCUT2D eigenvalue weighted by Crippen LogP contribution is 2.33. The quantitative estimate of drug-likeness (QED) is 0.439. The number of methoxy groups -OCH3 is 1. The fourth-order valence-electron chi connectivity index (χ4n) is 4.88. The highest BCUT2D eigenvalue weighted by atomic mass is 16.5. The molecule has 0 saturated carbocycles. The molecule has 35 heavy (non-hydrogen) atoms. The van der Waals surface area contributed by atoms with Crippen molar-refractivity contribution in [2.75, 3.05) is 25.1 Å². The van der Waals surface area contributed by atoms with Crippen molar-refractivity contribution >= 4 is 28.6 Å². The third-order valence-corrected chi connectivity index (χ3v) is 6.80. The molecule has 0 bridgehead atoms. The van der Waals surface area contributed by atoms with Gasteiger partial charge in [-0.3, -0.25) is 4.79 Å². The summed E-state index contributed by atoms with van der Waals surface area (Å²) in [7, 11) is 1.65. The van der Waals surface area contributed by atoms with E-state index in [4.69, 9.17) is 24.8 Å². The number of nitrogens with zero attached hydrogens (tertiary/aromatic N) is 6. The summed E-state index contributed by atoms with van der Waals surface area (Å²) in [5.41, 5.74) is 5.59. The molecule has 0 aliphatic carbocycles. The van der Waals surface area contributed by atoms with Crippen LogP contribution in [-0.4, -0.2) is 55.8 Å². The smallest absolute Gasteiger partial charge is 0.303 e. The summed E-state index contributed by atoms with van der Waals surface area (Å²) in [5.74, 6) is 0.637. The SMILES string of the molecule is COc1ccc(-c2nc(N3CCCCCC3)nc3nn4c(C)c(CCC(=O)O)c(C)nc4c23)cc1. The van der Waals surface area contributed by atoms with E-state index in [1.165, 1.54) is 12.8 Å². The molecule has 1 fully saturated rings. The third-order valence-electron chi connectivity index (χ3n) is 6.80. The lowest BCUT2D eigenvalue weighted by atomic mass is 10.1. The maximum absolute atomic E-state index is 11.2. The number of aromatic nitrogens is 5. The van der Waals surface area contributed by atoms with E-state index in [9.17, 15) is 9.90 Å². The Morgan fingerprint density at radius 1 is 1.03 bits per heavy atom. The lowest BCUT2D eigenvalue weighted by molar-refractivity contribution is -0.136. The van der Waals surface area contributed by atoms with Gasteiger partial charge in [-0.15, -0.1) is 5.10 Å². The van der Waals surface area contributed by atoms with Crippen molar-refractivity contribution in [3.8, 4) is 17.0 Å². The van der Waals surface area contributed by atoms with Crippen LogP contribution in [-0.2, 0) is 11.2 Å². The molecule has 1 aromatic carbocycles. The van der Waals surface area contributed by atoms with E-state index in [2.05, 4.69) is 4.90 Å². The molecule has 0 atom stereocenters. The van der Waals surface area contributed by atoms with Crippen molar-refractivity contribution in [1.29, 1.82) is 0 Å². The van der Waals surface area contributed by atoms with Gasteiger partial charge in [0.1, 0.15) is 5.75 Å². The number of hydrogen-bond acceptors (Lipinski definition) is 7. The Morgan fingerprint density at radius 2 is 1.74 bits per heavy atom. The molecule has 3 aromatic heterocycles. The molecule has 0 unspecified atom stereocenters. The number of carboxylic acid groups (broad SMARTS) is 1. The van der Waals surface area contributed by atoms with Gasteiger partial charge in [0.05, 0.1) is 18.2 Å². The molecule has 182 valence electrons. The van der Waals surface area contributed by atoms with Crippen LogP contribution in [0.5, 0.6) is 5.75 Å². The Balaban J connectivity index is 1.74. The summed E-state index contributed by atoms with van der Waals surface area (Å²) in [6, 6.07) is 7.84. The van der Waals surface area contributed by atoms with Crippen LogP contribution in [0.25, 0.3) is 27.9 Å². The maximum atomic E-state index is 11.2. The number of carbonyl (C=O) groups is 1. The molecule has 1 saturated heterocycles. The van der Waals surface area contributed by atoms with Gasteiger partial charge >= 0.3 is 5.97 Å². The number of ether oxygens (including phenoxy) is 1. The number of anilines is 1. The van der Waals surface area contributed by atoms with Crippen LogP contribution in [0.4, 0.5) is 5.95 Å². The Morgan fingerprint density at radius 3 is 2.40 bits per heavy atom. The van der Waals surface area contributed by atoms with Gasteiger partial charge in [0.25, 0.3) is 0 Å². The minimum atomic E-state index is -0.829. The molecule has 4 heterocycles. The van der Waals surface area contributed by atoms with E-state index in [1.807, 2.05) is 38.1 Å². The lowest BCUT2D eigenvalue weighted by Crippen LogP contribution is -2.26. The number of aryl methyl sites for hydroxylation is 2. The van der Waals surface area contributed by atoms with Gasteiger partial charge in [-0.05, 0) is 62.9 Å². The fourth-order valence-corrected chi connectivity index (χ4v) is 4.88. The number of hydrogen-bond donors (Lipinski definition) is 1. The van der Waals surface area contributed by atoms with Gasteiger partial charge in [0, 0.05) is 36.5 Å². The average Bonchev–Trinajstić information content (AvgIpc) is 3.03. The predicted molar refractivity (Wildman–Crippen MR) is 134 cm³/mol. The molecule has 1 aliphatic heterocycles. The zero-order valence-corrected chi connectivity index (χ0v) is 20.4. The molecule has 1 N–H and O–H groups in total. The van der Waals surface area contributed by atoms with Crippen molar-refractivity contribution in [3.63, 3.8) is 0 Å². The van der Waals surface area contributed by atoms with Crippen molar-refractivity contribution in [1.82, 2.24) is 24.6 Å². The molecule has 9 heteroatoms.